The minimum atomic E-state index is 0.508. The van der Waals surface area contributed by atoms with E-state index in [1.54, 1.807) is 0 Å². The first-order chi connectivity index (χ1) is 8.10. The minimum Gasteiger partial charge on any atom is -0.383 e. The van der Waals surface area contributed by atoms with Crippen molar-refractivity contribution in [3.63, 3.8) is 0 Å². The highest BCUT2D eigenvalue weighted by atomic mass is 32.2. The van der Waals surface area contributed by atoms with Crippen LogP contribution in [0.3, 0.4) is 0 Å². The molecule has 1 aliphatic carbocycles. The lowest BCUT2D eigenvalue weighted by Crippen LogP contribution is -2.24. The number of nitrogen functional groups attached to an aromatic ring is 1. The highest BCUT2D eigenvalue weighted by Crippen LogP contribution is 2.33. The van der Waals surface area contributed by atoms with Crippen molar-refractivity contribution < 1.29 is 0 Å². The van der Waals surface area contributed by atoms with Gasteiger partial charge >= 0.3 is 0 Å². The number of nitrogens with one attached hydrogen (secondary N) is 1. The molecule has 5 heteroatoms. The summed E-state index contributed by atoms with van der Waals surface area (Å²) in [5, 5.41) is 4.22. The van der Waals surface area contributed by atoms with E-state index in [1.165, 1.54) is 24.6 Å². The van der Waals surface area contributed by atoms with E-state index >= 15 is 0 Å². The number of nitrogens with two attached hydrogens (primary N) is 1. The number of anilines is 2. The molecule has 0 spiro atoms. The average Bonchev–Trinajstić information content (AvgIpc) is 2.60. The second kappa shape index (κ2) is 5.12. The van der Waals surface area contributed by atoms with Gasteiger partial charge < -0.3 is 11.1 Å². The number of thioether (sulfide) groups is 1. The largest absolute Gasteiger partial charge is 0.383 e. The Hall–Kier alpha value is -0.970. The second-order valence-corrected chi connectivity index (χ2v) is 5.60. The molecule has 2 rings (SSSR count). The molecule has 0 radical (unpaired) electrons. The van der Waals surface area contributed by atoms with E-state index in [-0.39, 0.29) is 0 Å². The normalized spacial score (nSPS) is 28.3. The Kier molecular flexibility index (Phi) is 3.76. The number of hydrogen-bond acceptors (Lipinski definition) is 5. The van der Waals surface area contributed by atoms with Crippen LogP contribution in [0, 0.1) is 11.8 Å². The summed E-state index contributed by atoms with van der Waals surface area (Å²) >= 11 is 1.51. The molecule has 0 bridgehead atoms. The van der Waals surface area contributed by atoms with Gasteiger partial charge in [-0.25, -0.2) is 9.97 Å². The van der Waals surface area contributed by atoms with Gasteiger partial charge in [-0.1, -0.05) is 25.6 Å². The van der Waals surface area contributed by atoms with Crippen molar-refractivity contribution in [1.82, 2.24) is 9.97 Å². The molecule has 3 N–H and O–H groups in total. The molecule has 0 aromatic carbocycles. The highest BCUT2D eigenvalue weighted by molar-refractivity contribution is 7.98. The van der Waals surface area contributed by atoms with Crippen LogP contribution in [0.1, 0.15) is 26.7 Å². The topological polar surface area (TPSA) is 63.8 Å². The van der Waals surface area contributed by atoms with Crippen LogP contribution in [0.25, 0.3) is 0 Å². The monoisotopic (exact) mass is 252 g/mol. The molecule has 1 saturated carbocycles. The highest BCUT2D eigenvalue weighted by Gasteiger charge is 2.29. The van der Waals surface area contributed by atoms with E-state index < -0.39 is 0 Å². The minimum absolute atomic E-state index is 0.508. The van der Waals surface area contributed by atoms with Gasteiger partial charge in [-0.2, -0.15) is 0 Å². The van der Waals surface area contributed by atoms with Crippen LogP contribution in [-0.4, -0.2) is 22.3 Å². The molecular weight excluding hydrogens is 232 g/mol. The molecule has 1 aromatic heterocycles. The molecule has 17 heavy (non-hydrogen) atoms. The fourth-order valence-corrected chi connectivity index (χ4v) is 2.75. The summed E-state index contributed by atoms with van der Waals surface area (Å²) in [6.45, 7) is 4.61. The average molecular weight is 252 g/mol. The van der Waals surface area contributed by atoms with Crippen molar-refractivity contribution in [1.29, 1.82) is 0 Å². The first-order valence-electron chi connectivity index (χ1n) is 6.05. The molecule has 1 aromatic rings. The lowest BCUT2D eigenvalue weighted by atomic mass is 9.98. The third-order valence-electron chi connectivity index (χ3n) is 3.71. The van der Waals surface area contributed by atoms with E-state index in [2.05, 4.69) is 29.1 Å². The zero-order valence-corrected chi connectivity index (χ0v) is 11.4. The van der Waals surface area contributed by atoms with Gasteiger partial charge in [0.05, 0.1) is 0 Å². The van der Waals surface area contributed by atoms with E-state index in [0.29, 0.717) is 17.8 Å². The Morgan fingerprint density at radius 1 is 1.35 bits per heavy atom. The number of aromatic nitrogens is 2. The Balaban J connectivity index is 2.10. The van der Waals surface area contributed by atoms with Crippen LogP contribution in [0.15, 0.2) is 11.2 Å². The first-order valence-corrected chi connectivity index (χ1v) is 7.27. The maximum absolute atomic E-state index is 5.77. The van der Waals surface area contributed by atoms with Crippen LogP contribution < -0.4 is 11.1 Å². The lowest BCUT2D eigenvalue weighted by molar-refractivity contribution is 0.435. The lowest BCUT2D eigenvalue weighted by Gasteiger charge is -2.20. The van der Waals surface area contributed by atoms with Crippen LogP contribution in [0.2, 0.25) is 0 Å². The van der Waals surface area contributed by atoms with E-state index in [0.717, 1.165) is 16.9 Å². The Morgan fingerprint density at radius 2 is 2.12 bits per heavy atom. The summed E-state index contributed by atoms with van der Waals surface area (Å²) in [6, 6.07) is 2.32. The zero-order chi connectivity index (χ0) is 12.4. The number of nitrogens with zero attached hydrogens (tertiary/aromatic N) is 2. The zero-order valence-electron chi connectivity index (χ0n) is 10.6. The molecule has 3 unspecified atom stereocenters. The van der Waals surface area contributed by atoms with Crippen LogP contribution in [0.4, 0.5) is 11.6 Å². The number of hydrogen-bond donors (Lipinski definition) is 2. The third kappa shape index (κ3) is 2.83. The van der Waals surface area contributed by atoms with Crippen molar-refractivity contribution in [3.8, 4) is 0 Å². The van der Waals surface area contributed by atoms with Crippen molar-refractivity contribution in [3.05, 3.63) is 6.07 Å². The standard InChI is InChI=1S/C12H20N4S/c1-7-4-5-9(8(7)2)14-11-6-10(13)15-12(16-11)17-3/h6-9H,4-5H2,1-3H3,(H3,13,14,15,16). The molecule has 1 heterocycles. The molecule has 94 valence electrons. The summed E-state index contributed by atoms with van der Waals surface area (Å²) < 4.78 is 0. The maximum Gasteiger partial charge on any atom is 0.191 e. The SMILES string of the molecule is CSc1nc(N)cc(NC2CCC(C)C2C)n1. The summed E-state index contributed by atoms with van der Waals surface area (Å²) in [7, 11) is 0. The van der Waals surface area contributed by atoms with Gasteiger partial charge in [0, 0.05) is 12.1 Å². The van der Waals surface area contributed by atoms with Gasteiger partial charge in [-0.05, 0) is 30.9 Å². The smallest absolute Gasteiger partial charge is 0.191 e. The van der Waals surface area contributed by atoms with Gasteiger partial charge in [0.2, 0.25) is 0 Å². The van der Waals surface area contributed by atoms with E-state index in [1.807, 2.05) is 12.3 Å². The van der Waals surface area contributed by atoms with Gasteiger partial charge in [0.15, 0.2) is 5.16 Å². The quantitative estimate of drug-likeness (QED) is 0.639. The Morgan fingerprint density at radius 3 is 2.71 bits per heavy atom. The van der Waals surface area contributed by atoms with Crippen molar-refractivity contribution >= 4 is 23.4 Å². The van der Waals surface area contributed by atoms with Gasteiger partial charge in [0.1, 0.15) is 11.6 Å². The molecular formula is C12H20N4S. The van der Waals surface area contributed by atoms with Gasteiger partial charge in [0.25, 0.3) is 0 Å². The molecule has 0 amide bonds. The van der Waals surface area contributed by atoms with Gasteiger partial charge in [-0.3, -0.25) is 0 Å². The second-order valence-electron chi connectivity index (χ2n) is 4.83. The van der Waals surface area contributed by atoms with E-state index in [4.69, 9.17) is 5.73 Å². The maximum atomic E-state index is 5.77. The predicted octanol–water partition coefficient (Wildman–Crippen LogP) is 2.63. The van der Waals surface area contributed by atoms with Crippen LogP contribution in [0.5, 0.6) is 0 Å². The molecule has 0 aliphatic heterocycles. The van der Waals surface area contributed by atoms with Crippen molar-refractivity contribution in [2.24, 2.45) is 11.8 Å². The molecule has 1 fully saturated rings. The number of rotatable bonds is 3. The van der Waals surface area contributed by atoms with Crippen molar-refractivity contribution in [2.75, 3.05) is 17.3 Å². The molecule has 1 aliphatic rings. The fourth-order valence-electron chi connectivity index (χ4n) is 2.37. The fraction of sp³-hybridized carbons (Fsp3) is 0.667. The Bertz CT molecular complexity index is 396. The summed E-state index contributed by atoms with van der Waals surface area (Å²) in [5.41, 5.74) is 5.77. The third-order valence-corrected chi connectivity index (χ3v) is 4.25. The van der Waals surface area contributed by atoms with Crippen molar-refractivity contribution in [2.45, 2.75) is 37.9 Å². The summed E-state index contributed by atoms with van der Waals surface area (Å²) in [4.78, 5) is 8.59. The van der Waals surface area contributed by atoms with Gasteiger partial charge in [-0.15, -0.1) is 0 Å². The summed E-state index contributed by atoms with van der Waals surface area (Å²) in [6.07, 6.45) is 4.45. The first kappa shape index (κ1) is 12.5. The molecule has 0 saturated heterocycles. The van der Waals surface area contributed by atoms with Crippen LogP contribution >= 0.6 is 11.8 Å². The molecule has 4 nitrogen and oxygen atoms in total. The van der Waals surface area contributed by atoms with E-state index in [9.17, 15) is 0 Å². The van der Waals surface area contributed by atoms with Crippen LogP contribution in [-0.2, 0) is 0 Å². The Labute approximate surface area is 107 Å². The predicted molar refractivity (Wildman–Crippen MR) is 73.2 cm³/mol. The summed E-state index contributed by atoms with van der Waals surface area (Å²) in [5.74, 6) is 2.86. The molecule has 3 atom stereocenters.